The van der Waals surface area contributed by atoms with Crippen molar-refractivity contribution in [1.29, 1.82) is 0 Å². The molecule has 0 bridgehead atoms. The van der Waals surface area contributed by atoms with Crippen molar-refractivity contribution in [3.05, 3.63) is 35.9 Å². The number of hydrogen-bond acceptors (Lipinski definition) is 2. The zero-order chi connectivity index (χ0) is 12.7. The first-order valence-electron chi connectivity index (χ1n) is 7.26. The van der Waals surface area contributed by atoms with Crippen LogP contribution in [0.1, 0.15) is 44.1 Å². The van der Waals surface area contributed by atoms with Crippen molar-refractivity contribution in [3.63, 3.8) is 0 Å². The first-order valence-corrected chi connectivity index (χ1v) is 7.26. The molecule has 2 heteroatoms. The highest BCUT2D eigenvalue weighted by molar-refractivity contribution is 5.14. The van der Waals surface area contributed by atoms with Gasteiger partial charge in [0.1, 0.15) is 0 Å². The molecule has 100 valence electrons. The molecule has 0 unspecified atom stereocenters. The molecular weight excluding hydrogens is 222 g/mol. The summed E-state index contributed by atoms with van der Waals surface area (Å²) in [4.78, 5) is 0. The van der Waals surface area contributed by atoms with Crippen molar-refractivity contribution in [1.82, 2.24) is 5.32 Å². The van der Waals surface area contributed by atoms with Gasteiger partial charge in [-0.05, 0) is 31.4 Å². The summed E-state index contributed by atoms with van der Waals surface area (Å²) in [6, 6.07) is 10.5. The van der Waals surface area contributed by atoms with E-state index in [1.807, 2.05) is 6.07 Å². The second-order valence-electron chi connectivity index (χ2n) is 5.55. The molecule has 0 radical (unpaired) electrons. The van der Waals surface area contributed by atoms with E-state index in [-0.39, 0.29) is 0 Å². The summed E-state index contributed by atoms with van der Waals surface area (Å²) in [5, 5.41) is 13.9. The standard InChI is InChI=1S/C16H25NO/c18-16(11-6-1-2-7-12-16)14-17-13-10-15-8-4-3-5-9-15/h3-5,8-9,17-18H,1-2,6-7,10-14H2. The van der Waals surface area contributed by atoms with Gasteiger partial charge in [-0.1, -0.05) is 56.0 Å². The molecule has 0 amide bonds. The Morgan fingerprint density at radius 3 is 2.33 bits per heavy atom. The maximum atomic E-state index is 10.5. The van der Waals surface area contributed by atoms with Crippen LogP contribution in [-0.4, -0.2) is 23.8 Å². The van der Waals surface area contributed by atoms with Crippen molar-refractivity contribution < 1.29 is 5.11 Å². The summed E-state index contributed by atoms with van der Waals surface area (Å²) in [5.74, 6) is 0. The third-order valence-electron chi connectivity index (χ3n) is 3.92. The molecule has 18 heavy (non-hydrogen) atoms. The maximum Gasteiger partial charge on any atom is 0.0771 e. The molecule has 0 aliphatic heterocycles. The molecule has 0 spiro atoms. The van der Waals surface area contributed by atoms with Crippen LogP contribution in [0.2, 0.25) is 0 Å². The van der Waals surface area contributed by atoms with Crippen LogP contribution in [0, 0.1) is 0 Å². The third kappa shape index (κ3) is 4.43. The van der Waals surface area contributed by atoms with Crippen LogP contribution in [-0.2, 0) is 6.42 Å². The highest BCUT2D eigenvalue weighted by Crippen LogP contribution is 2.26. The lowest BCUT2D eigenvalue weighted by Crippen LogP contribution is -2.40. The van der Waals surface area contributed by atoms with Gasteiger partial charge in [0.2, 0.25) is 0 Å². The highest BCUT2D eigenvalue weighted by atomic mass is 16.3. The topological polar surface area (TPSA) is 32.3 Å². The minimum atomic E-state index is -0.451. The van der Waals surface area contributed by atoms with E-state index in [9.17, 15) is 5.11 Å². The van der Waals surface area contributed by atoms with Crippen LogP contribution in [0.5, 0.6) is 0 Å². The molecule has 0 atom stereocenters. The fourth-order valence-electron chi connectivity index (χ4n) is 2.76. The summed E-state index contributed by atoms with van der Waals surface area (Å²) in [5.41, 5.74) is 0.908. The smallest absolute Gasteiger partial charge is 0.0771 e. The summed E-state index contributed by atoms with van der Waals surface area (Å²) >= 11 is 0. The SMILES string of the molecule is OC1(CNCCc2ccccc2)CCCCCC1. The van der Waals surface area contributed by atoms with Crippen molar-refractivity contribution in [2.24, 2.45) is 0 Å². The Balaban J connectivity index is 1.68. The van der Waals surface area contributed by atoms with Crippen LogP contribution < -0.4 is 5.32 Å². The monoisotopic (exact) mass is 247 g/mol. The van der Waals surface area contributed by atoms with Gasteiger partial charge in [-0.25, -0.2) is 0 Å². The third-order valence-corrected chi connectivity index (χ3v) is 3.92. The largest absolute Gasteiger partial charge is 0.389 e. The normalized spacial score (nSPS) is 19.4. The zero-order valence-corrected chi connectivity index (χ0v) is 11.2. The van der Waals surface area contributed by atoms with Crippen LogP contribution in [0.25, 0.3) is 0 Å². The number of benzene rings is 1. The lowest BCUT2D eigenvalue weighted by atomic mass is 9.94. The van der Waals surface area contributed by atoms with Gasteiger partial charge in [-0.3, -0.25) is 0 Å². The van der Waals surface area contributed by atoms with E-state index < -0.39 is 5.60 Å². The molecule has 1 fully saturated rings. The van der Waals surface area contributed by atoms with Gasteiger partial charge in [-0.15, -0.1) is 0 Å². The number of hydrogen-bond donors (Lipinski definition) is 2. The molecule has 1 aromatic rings. The van der Waals surface area contributed by atoms with Crippen molar-refractivity contribution in [3.8, 4) is 0 Å². The van der Waals surface area contributed by atoms with Gasteiger partial charge in [0.05, 0.1) is 5.60 Å². The predicted molar refractivity (Wildman–Crippen MR) is 75.7 cm³/mol. The second kappa shape index (κ2) is 6.91. The first-order chi connectivity index (χ1) is 8.79. The first kappa shape index (κ1) is 13.6. The van der Waals surface area contributed by atoms with Gasteiger partial charge < -0.3 is 10.4 Å². The van der Waals surface area contributed by atoms with E-state index >= 15 is 0 Å². The summed E-state index contributed by atoms with van der Waals surface area (Å²) in [6.45, 7) is 1.70. The molecule has 2 nitrogen and oxygen atoms in total. The quantitative estimate of drug-likeness (QED) is 0.619. The van der Waals surface area contributed by atoms with Crippen molar-refractivity contribution >= 4 is 0 Å². The molecule has 1 aliphatic rings. The predicted octanol–water partition coefficient (Wildman–Crippen LogP) is 2.90. The minimum Gasteiger partial charge on any atom is -0.389 e. The Labute approximate surface area is 110 Å². The van der Waals surface area contributed by atoms with Gasteiger partial charge in [0.15, 0.2) is 0 Å². The molecule has 0 aromatic heterocycles. The van der Waals surface area contributed by atoms with Crippen LogP contribution in [0.4, 0.5) is 0 Å². The van der Waals surface area contributed by atoms with E-state index in [2.05, 4.69) is 29.6 Å². The Morgan fingerprint density at radius 2 is 1.67 bits per heavy atom. The van der Waals surface area contributed by atoms with E-state index in [0.717, 1.165) is 32.4 Å². The summed E-state index contributed by atoms with van der Waals surface area (Å²) in [6.07, 6.45) is 7.89. The summed E-state index contributed by atoms with van der Waals surface area (Å²) in [7, 11) is 0. The van der Waals surface area contributed by atoms with E-state index in [1.54, 1.807) is 0 Å². The molecule has 0 saturated heterocycles. The lowest BCUT2D eigenvalue weighted by molar-refractivity contribution is 0.0256. The zero-order valence-electron chi connectivity index (χ0n) is 11.2. The van der Waals surface area contributed by atoms with Gasteiger partial charge in [-0.2, -0.15) is 0 Å². The number of rotatable bonds is 5. The van der Waals surface area contributed by atoms with Crippen LogP contribution >= 0.6 is 0 Å². The lowest BCUT2D eigenvalue weighted by Gasteiger charge is -2.27. The van der Waals surface area contributed by atoms with Gasteiger partial charge >= 0.3 is 0 Å². The molecule has 2 rings (SSSR count). The van der Waals surface area contributed by atoms with E-state index in [0.29, 0.717) is 0 Å². The van der Waals surface area contributed by atoms with Crippen LogP contribution in [0.3, 0.4) is 0 Å². The molecule has 1 aromatic carbocycles. The number of nitrogens with one attached hydrogen (secondary N) is 1. The Hall–Kier alpha value is -0.860. The fraction of sp³-hybridized carbons (Fsp3) is 0.625. The molecule has 0 heterocycles. The molecule has 2 N–H and O–H groups in total. The maximum absolute atomic E-state index is 10.5. The van der Waals surface area contributed by atoms with Crippen LogP contribution in [0.15, 0.2) is 30.3 Å². The van der Waals surface area contributed by atoms with Gasteiger partial charge in [0, 0.05) is 6.54 Å². The Kier molecular flexibility index (Phi) is 5.21. The molecule has 1 saturated carbocycles. The minimum absolute atomic E-state index is 0.451. The average Bonchev–Trinajstić information content (AvgIpc) is 2.61. The highest BCUT2D eigenvalue weighted by Gasteiger charge is 2.26. The molecule has 1 aliphatic carbocycles. The van der Waals surface area contributed by atoms with Gasteiger partial charge in [0.25, 0.3) is 0 Å². The number of aliphatic hydroxyl groups is 1. The second-order valence-corrected chi connectivity index (χ2v) is 5.55. The summed E-state index contributed by atoms with van der Waals surface area (Å²) < 4.78 is 0. The van der Waals surface area contributed by atoms with E-state index in [4.69, 9.17) is 0 Å². The fourth-order valence-corrected chi connectivity index (χ4v) is 2.76. The molecular formula is C16H25NO. The van der Waals surface area contributed by atoms with Crippen molar-refractivity contribution in [2.75, 3.05) is 13.1 Å². The Morgan fingerprint density at radius 1 is 1.00 bits per heavy atom. The average molecular weight is 247 g/mol. The van der Waals surface area contributed by atoms with E-state index in [1.165, 1.54) is 31.2 Å². The van der Waals surface area contributed by atoms with Crippen molar-refractivity contribution in [2.45, 2.75) is 50.5 Å². The Bertz CT molecular complexity index is 328.